The number of hydrogen-bond donors (Lipinski definition) is 4. The molecular formula is C13H22N4O3. The topological polar surface area (TPSA) is 107 Å². The van der Waals surface area contributed by atoms with E-state index in [1.54, 1.807) is 0 Å². The van der Waals surface area contributed by atoms with Crippen LogP contribution in [0.3, 0.4) is 0 Å². The SMILES string of the molecule is CCC(C)(CC)NC(=O)NC(Cc1cnc[nH]1)C(=O)O. The fraction of sp³-hybridized carbons (Fsp3) is 0.615. The summed E-state index contributed by atoms with van der Waals surface area (Å²) < 4.78 is 0. The molecule has 1 unspecified atom stereocenters. The summed E-state index contributed by atoms with van der Waals surface area (Å²) in [6.07, 6.45) is 4.72. The normalized spacial score (nSPS) is 12.8. The van der Waals surface area contributed by atoms with E-state index in [2.05, 4.69) is 20.6 Å². The van der Waals surface area contributed by atoms with E-state index >= 15 is 0 Å². The van der Waals surface area contributed by atoms with E-state index in [0.717, 1.165) is 12.8 Å². The first kappa shape index (κ1) is 16.0. The number of nitrogens with one attached hydrogen (secondary N) is 3. The second-order valence-corrected chi connectivity index (χ2v) is 5.04. The molecule has 0 bridgehead atoms. The van der Waals surface area contributed by atoms with Gasteiger partial charge in [0.25, 0.3) is 0 Å². The van der Waals surface area contributed by atoms with Crippen molar-refractivity contribution in [3.63, 3.8) is 0 Å². The van der Waals surface area contributed by atoms with Crippen molar-refractivity contribution in [2.75, 3.05) is 0 Å². The minimum absolute atomic E-state index is 0.164. The number of nitrogens with zero attached hydrogens (tertiary/aromatic N) is 1. The average Bonchev–Trinajstić information content (AvgIpc) is 2.90. The number of hydrogen-bond acceptors (Lipinski definition) is 3. The molecule has 4 N–H and O–H groups in total. The van der Waals surface area contributed by atoms with Gasteiger partial charge < -0.3 is 20.7 Å². The van der Waals surface area contributed by atoms with E-state index in [0.29, 0.717) is 5.69 Å². The van der Waals surface area contributed by atoms with E-state index in [4.69, 9.17) is 5.11 Å². The van der Waals surface area contributed by atoms with Gasteiger partial charge in [-0.25, -0.2) is 14.6 Å². The minimum atomic E-state index is -1.08. The minimum Gasteiger partial charge on any atom is -0.480 e. The molecule has 0 aliphatic rings. The Hall–Kier alpha value is -2.05. The zero-order valence-electron chi connectivity index (χ0n) is 12.1. The van der Waals surface area contributed by atoms with Crippen LogP contribution in [0, 0.1) is 0 Å². The molecule has 1 aromatic rings. The van der Waals surface area contributed by atoms with Crippen molar-refractivity contribution in [1.29, 1.82) is 0 Å². The van der Waals surface area contributed by atoms with Crippen molar-refractivity contribution >= 4 is 12.0 Å². The van der Waals surface area contributed by atoms with Gasteiger partial charge in [0.2, 0.25) is 0 Å². The van der Waals surface area contributed by atoms with Crippen LogP contribution in [0.15, 0.2) is 12.5 Å². The smallest absolute Gasteiger partial charge is 0.326 e. The number of aliphatic carboxylic acids is 1. The summed E-state index contributed by atoms with van der Waals surface area (Å²) in [6.45, 7) is 5.88. The maximum absolute atomic E-state index is 11.9. The lowest BCUT2D eigenvalue weighted by atomic mass is 9.96. The second kappa shape index (κ2) is 6.93. The van der Waals surface area contributed by atoms with Crippen LogP contribution in [0.5, 0.6) is 0 Å². The van der Waals surface area contributed by atoms with Gasteiger partial charge in [-0.15, -0.1) is 0 Å². The van der Waals surface area contributed by atoms with E-state index in [9.17, 15) is 9.59 Å². The van der Waals surface area contributed by atoms with Gasteiger partial charge in [0, 0.05) is 23.9 Å². The van der Waals surface area contributed by atoms with Crippen LogP contribution < -0.4 is 10.6 Å². The number of imidazole rings is 1. The van der Waals surface area contributed by atoms with Crippen LogP contribution in [0.1, 0.15) is 39.3 Å². The highest BCUT2D eigenvalue weighted by Gasteiger charge is 2.26. The van der Waals surface area contributed by atoms with Gasteiger partial charge in [-0.2, -0.15) is 0 Å². The van der Waals surface area contributed by atoms with Crippen LogP contribution >= 0.6 is 0 Å². The lowest BCUT2D eigenvalue weighted by molar-refractivity contribution is -0.139. The third-order valence-corrected chi connectivity index (χ3v) is 3.56. The molecule has 7 nitrogen and oxygen atoms in total. The summed E-state index contributed by atoms with van der Waals surface area (Å²) in [7, 11) is 0. The van der Waals surface area contributed by atoms with Gasteiger partial charge >= 0.3 is 12.0 Å². The van der Waals surface area contributed by atoms with E-state index in [1.807, 2.05) is 20.8 Å². The zero-order chi connectivity index (χ0) is 15.2. The molecule has 0 aliphatic heterocycles. The van der Waals surface area contributed by atoms with Crippen LogP contribution in [0.4, 0.5) is 4.79 Å². The summed E-state index contributed by atoms with van der Waals surface area (Å²) in [5, 5.41) is 14.5. The predicted octanol–water partition coefficient (Wildman–Crippen LogP) is 1.28. The number of amides is 2. The van der Waals surface area contributed by atoms with Crippen LogP contribution in [-0.2, 0) is 11.2 Å². The molecule has 2 amide bonds. The lowest BCUT2D eigenvalue weighted by Crippen LogP contribution is -2.54. The molecule has 1 heterocycles. The standard InChI is InChI=1S/C13H22N4O3/c1-4-13(3,5-2)17-12(20)16-10(11(18)19)6-9-7-14-8-15-9/h7-8,10H,4-6H2,1-3H3,(H,14,15)(H,18,19)(H2,16,17,20). The second-order valence-electron chi connectivity index (χ2n) is 5.04. The van der Waals surface area contributed by atoms with Crippen molar-refractivity contribution in [1.82, 2.24) is 20.6 Å². The highest BCUT2D eigenvalue weighted by molar-refractivity contribution is 5.83. The maximum atomic E-state index is 11.9. The quantitative estimate of drug-likeness (QED) is 0.604. The summed E-state index contributed by atoms with van der Waals surface area (Å²) in [6, 6.07) is -1.46. The van der Waals surface area contributed by atoms with E-state index in [1.165, 1.54) is 12.5 Å². The summed E-state index contributed by atoms with van der Waals surface area (Å²) in [4.78, 5) is 29.7. The lowest BCUT2D eigenvalue weighted by Gasteiger charge is -2.29. The number of aromatic nitrogens is 2. The highest BCUT2D eigenvalue weighted by atomic mass is 16.4. The van der Waals surface area contributed by atoms with Crippen LogP contribution in [0.25, 0.3) is 0 Å². The Morgan fingerprint density at radius 3 is 2.55 bits per heavy atom. The Labute approximate surface area is 118 Å². The van der Waals surface area contributed by atoms with Crippen molar-refractivity contribution in [2.45, 2.75) is 51.6 Å². The first-order chi connectivity index (χ1) is 9.40. The van der Waals surface area contributed by atoms with Gasteiger partial charge in [0.05, 0.1) is 6.33 Å². The molecule has 20 heavy (non-hydrogen) atoms. The van der Waals surface area contributed by atoms with Gasteiger partial charge in [-0.3, -0.25) is 0 Å². The molecule has 1 atom stereocenters. The van der Waals surface area contributed by atoms with Crippen molar-refractivity contribution in [3.8, 4) is 0 Å². The number of rotatable bonds is 7. The maximum Gasteiger partial charge on any atom is 0.326 e. The Bertz CT molecular complexity index is 440. The van der Waals surface area contributed by atoms with Gasteiger partial charge in [0.15, 0.2) is 0 Å². The van der Waals surface area contributed by atoms with E-state index < -0.39 is 18.0 Å². The molecule has 112 valence electrons. The number of aromatic amines is 1. The van der Waals surface area contributed by atoms with Gasteiger partial charge in [-0.05, 0) is 19.8 Å². The number of carbonyl (C=O) groups excluding carboxylic acids is 1. The van der Waals surface area contributed by atoms with Crippen molar-refractivity contribution in [2.24, 2.45) is 0 Å². The number of carboxylic acids is 1. The molecule has 0 saturated carbocycles. The number of H-pyrrole nitrogens is 1. The Balaban J connectivity index is 2.62. The van der Waals surface area contributed by atoms with Gasteiger partial charge in [0.1, 0.15) is 6.04 Å². The summed E-state index contributed by atoms with van der Waals surface area (Å²) in [5.74, 6) is -1.08. The summed E-state index contributed by atoms with van der Waals surface area (Å²) in [5.41, 5.74) is 0.327. The highest BCUT2D eigenvalue weighted by Crippen LogP contribution is 2.13. The molecular weight excluding hydrogens is 260 g/mol. The monoisotopic (exact) mass is 282 g/mol. The number of urea groups is 1. The number of carbonyl (C=O) groups is 2. The Kier molecular flexibility index (Phi) is 5.54. The third-order valence-electron chi connectivity index (χ3n) is 3.56. The fourth-order valence-electron chi connectivity index (χ4n) is 1.71. The zero-order valence-corrected chi connectivity index (χ0v) is 12.1. The molecule has 0 aliphatic carbocycles. The molecule has 0 spiro atoms. The van der Waals surface area contributed by atoms with Crippen molar-refractivity contribution < 1.29 is 14.7 Å². The third kappa shape index (κ3) is 4.56. The Morgan fingerprint density at radius 1 is 1.45 bits per heavy atom. The molecule has 1 aromatic heterocycles. The van der Waals surface area contributed by atoms with Crippen LogP contribution in [0.2, 0.25) is 0 Å². The molecule has 1 rings (SSSR count). The van der Waals surface area contributed by atoms with Crippen molar-refractivity contribution in [3.05, 3.63) is 18.2 Å². The molecule has 0 fully saturated rings. The first-order valence-corrected chi connectivity index (χ1v) is 6.69. The van der Waals surface area contributed by atoms with Gasteiger partial charge in [-0.1, -0.05) is 13.8 Å². The fourth-order valence-corrected chi connectivity index (χ4v) is 1.71. The largest absolute Gasteiger partial charge is 0.480 e. The summed E-state index contributed by atoms with van der Waals surface area (Å²) >= 11 is 0. The molecule has 0 aromatic carbocycles. The molecule has 0 radical (unpaired) electrons. The van der Waals surface area contributed by atoms with Crippen LogP contribution in [-0.4, -0.2) is 38.7 Å². The number of carboxylic acid groups (broad SMARTS) is 1. The first-order valence-electron chi connectivity index (χ1n) is 6.69. The molecule has 7 heteroatoms. The average molecular weight is 282 g/mol. The predicted molar refractivity (Wildman–Crippen MR) is 74.4 cm³/mol. The Morgan fingerprint density at radius 2 is 2.10 bits per heavy atom. The molecule has 0 saturated heterocycles. The van der Waals surface area contributed by atoms with E-state index in [-0.39, 0.29) is 12.0 Å².